The van der Waals surface area contributed by atoms with E-state index in [0.717, 1.165) is 16.8 Å². The van der Waals surface area contributed by atoms with E-state index in [1.165, 1.54) is 0 Å². The molecule has 1 aromatic carbocycles. The fraction of sp³-hybridized carbons (Fsp3) is 0. The summed E-state index contributed by atoms with van der Waals surface area (Å²) in [6.45, 7) is 10.9. The van der Waals surface area contributed by atoms with Crippen LogP contribution < -0.4 is 0 Å². The Kier molecular flexibility index (Phi) is 5.91. The van der Waals surface area contributed by atoms with Crippen LogP contribution in [0, 0.1) is 0 Å². The van der Waals surface area contributed by atoms with Crippen LogP contribution in [0.3, 0.4) is 0 Å². The van der Waals surface area contributed by atoms with Crippen molar-refractivity contribution in [2.75, 3.05) is 0 Å². The average molecular weight is 235 g/mol. The first-order valence-corrected chi connectivity index (χ1v) is 5.68. The molecule has 0 saturated carbocycles. The van der Waals surface area contributed by atoms with E-state index < -0.39 is 0 Å². The van der Waals surface area contributed by atoms with Crippen LogP contribution in [-0.2, 0) is 0 Å². The minimum Gasteiger partial charge on any atom is -0.257 e. The first-order valence-electron chi connectivity index (χ1n) is 5.68. The topological polar surface area (TPSA) is 12.9 Å². The third-order valence-corrected chi connectivity index (χ3v) is 2.30. The van der Waals surface area contributed by atoms with Gasteiger partial charge in [0.05, 0.1) is 5.69 Å². The van der Waals surface area contributed by atoms with E-state index in [0.29, 0.717) is 0 Å². The third-order valence-electron chi connectivity index (χ3n) is 2.30. The monoisotopic (exact) mass is 235 g/mol. The third kappa shape index (κ3) is 4.62. The molecule has 18 heavy (non-hydrogen) atoms. The zero-order chi connectivity index (χ0) is 13.2. The van der Waals surface area contributed by atoms with Crippen molar-refractivity contribution in [3.63, 3.8) is 0 Å². The highest BCUT2D eigenvalue weighted by Gasteiger charge is 1.84. The summed E-state index contributed by atoms with van der Waals surface area (Å²) in [6, 6.07) is 13.8. The molecule has 0 aliphatic rings. The number of nitrogens with zero attached hydrogens (tertiary/aromatic N) is 1. The lowest BCUT2D eigenvalue weighted by atomic mass is 10.1. The van der Waals surface area contributed by atoms with E-state index in [4.69, 9.17) is 0 Å². The molecule has 0 amide bonds. The predicted octanol–water partition coefficient (Wildman–Crippen LogP) is 4.70. The van der Waals surface area contributed by atoms with Crippen molar-refractivity contribution >= 4 is 18.2 Å². The molecule has 0 unspecified atom stereocenters. The Balaban J connectivity index is 0.000000184. The van der Waals surface area contributed by atoms with Crippen LogP contribution in [0.25, 0.3) is 18.2 Å². The van der Waals surface area contributed by atoms with Gasteiger partial charge in [0.2, 0.25) is 0 Å². The van der Waals surface area contributed by atoms with E-state index in [2.05, 4.69) is 24.7 Å². The van der Waals surface area contributed by atoms with Crippen molar-refractivity contribution in [2.24, 2.45) is 0 Å². The molecule has 0 fully saturated rings. The van der Waals surface area contributed by atoms with E-state index in [1.54, 1.807) is 12.3 Å². The zero-order valence-corrected chi connectivity index (χ0v) is 10.4. The van der Waals surface area contributed by atoms with Crippen molar-refractivity contribution in [1.29, 1.82) is 0 Å². The summed E-state index contributed by atoms with van der Waals surface area (Å²) in [5, 5.41) is 0. The molecule has 1 aromatic heterocycles. The first kappa shape index (κ1) is 13.7. The quantitative estimate of drug-likeness (QED) is 0.751. The minimum atomic E-state index is 0.924. The summed E-state index contributed by atoms with van der Waals surface area (Å²) in [6.07, 6.45) is 7.12. The van der Waals surface area contributed by atoms with Crippen LogP contribution in [-0.4, -0.2) is 4.98 Å². The van der Waals surface area contributed by atoms with E-state index in [1.807, 2.05) is 54.6 Å². The lowest BCUT2D eigenvalue weighted by Gasteiger charge is -1.92. The SMILES string of the molecule is C=Cc1ccc(C=C)cc1.C=Cc1ccccn1. The molecule has 0 aliphatic carbocycles. The second kappa shape index (κ2) is 7.80. The van der Waals surface area contributed by atoms with Gasteiger partial charge in [-0.25, -0.2) is 0 Å². The maximum Gasteiger partial charge on any atom is 0.0623 e. The number of hydrogen-bond donors (Lipinski definition) is 0. The van der Waals surface area contributed by atoms with Gasteiger partial charge in [0.25, 0.3) is 0 Å². The molecule has 0 radical (unpaired) electrons. The van der Waals surface area contributed by atoms with Gasteiger partial charge in [0, 0.05) is 6.20 Å². The van der Waals surface area contributed by atoms with Gasteiger partial charge in [0.1, 0.15) is 0 Å². The molecule has 90 valence electrons. The standard InChI is InChI=1S/C10H10.C7H7N/c1-3-9-5-7-10(4-2)8-6-9;1-2-7-5-3-4-6-8-7/h3-8H,1-2H2;2-6H,1H2. The van der Waals surface area contributed by atoms with Crippen LogP contribution in [0.1, 0.15) is 16.8 Å². The lowest BCUT2D eigenvalue weighted by Crippen LogP contribution is -1.73. The van der Waals surface area contributed by atoms with E-state index in [9.17, 15) is 0 Å². The minimum absolute atomic E-state index is 0.924. The summed E-state index contributed by atoms with van der Waals surface area (Å²) < 4.78 is 0. The van der Waals surface area contributed by atoms with E-state index in [-0.39, 0.29) is 0 Å². The van der Waals surface area contributed by atoms with Gasteiger partial charge in [-0.15, -0.1) is 0 Å². The summed E-state index contributed by atoms with van der Waals surface area (Å²) in [5.74, 6) is 0. The van der Waals surface area contributed by atoms with Crippen LogP contribution in [0.2, 0.25) is 0 Å². The van der Waals surface area contributed by atoms with Crippen LogP contribution in [0.15, 0.2) is 68.4 Å². The summed E-state index contributed by atoms with van der Waals surface area (Å²) in [4.78, 5) is 3.98. The summed E-state index contributed by atoms with van der Waals surface area (Å²) >= 11 is 0. The number of pyridine rings is 1. The first-order chi connectivity index (χ1) is 8.80. The molecule has 0 N–H and O–H groups in total. The second-order valence-corrected chi connectivity index (χ2v) is 3.53. The molecule has 2 rings (SSSR count). The maximum absolute atomic E-state index is 3.98. The number of hydrogen-bond acceptors (Lipinski definition) is 1. The molecule has 0 spiro atoms. The Bertz CT molecular complexity index is 468. The highest BCUT2D eigenvalue weighted by molar-refractivity contribution is 5.53. The van der Waals surface area contributed by atoms with Crippen molar-refractivity contribution in [2.45, 2.75) is 0 Å². The van der Waals surface area contributed by atoms with Crippen LogP contribution >= 0.6 is 0 Å². The van der Waals surface area contributed by atoms with Gasteiger partial charge in [0.15, 0.2) is 0 Å². The van der Waals surface area contributed by atoms with Gasteiger partial charge < -0.3 is 0 Å². The molecule has 1 heteroatoms. The van der Waals surface area contributed by atoms with Gasteiger partial charge in [-0.2, -0.15) is 0 Å². The molecule has 2 aromatic rings. The van der Waals surface area contributed by atoms with Gasteiger partial charge >= 0.3 is 0 Å². The Labute approximate surface area is 109 Å². The van der Waals surface area contributed by atoms with Crippen molar-refractivity contribution in [3.8, 4) is 0 Å². The molecule has 1 heterocycles. The molecule has 1 nitrogen and oxygen atoms in total. The second-order valence-electron chi connectivity index (χ2n) is 3.53. The maximum atomic E-state index is 3.98. The van der Waals surface area contributed by atoms with Crippen molar-refractivity contribution in [3.05, 3.63) is 85.2 Å². The molecule has 0 bridgehead atoms. The fourth-order valence-electron chi connectivity index (χ4n) is 1.26. The smallest absolute Gasteiger partial charge is 0.0623 e. The van der Waals surface area contributed by atoms with Gasteiger partial charge in [-0.1, -0.05) is 62.2 Å². The Hall–Kier alpha value is -2.41. The highest BCUT2D eigenvalue weighted by Crippen LogP contribution is 2.05. The highest BCUT2D eigenvalue weighted by atomic mass is 14.6. The molecular formula is C17H17N. The Morgan fingerprint density at radius 1 is 0.722 bits per heavy atom. The van der Waals surface area contributed by atoms with Crippen LogP contribution in [0.4, 0.5) is 0 Å². The van der Waals surface area contributed by atoms with Crippen LogP contribution in [0.5, 0.6) is 0 Å². The summed E-state index contributed by atoms with van der Waals surface area (Å²) in [7, 11) is 0. The van der Waals surface area contributed by atoms with Crippen molar-refractivity contribution in [1.82, 2.24) is 4.98 Å². The molecule has 0 atom stereocenters. The number of aromatic nitrogens is 1. The number of benzene rings is 1. The largest absolute Gasteiger partial charge is 0.257 e. The Morgan fingerprint density at radius 3 is 1.56 bits per heavy atom. The average Bonchev–Trinajstić information content (AvgIpc) is 2.49. The summed E-state index contributed by atoms with van der Waals surface area (Å²) in [5.41, 5.74) is 3.21. The van der Waals surface area contributed by atoms with Crippen molar-refractivity contribution < 1.29 is 0 Å². The lowest BCUT2D eigenvalue weighted by molar-refractivity contribution is 1.30. The van der Waals surface area contributed by atoms with Gasteiger partial charge in [-0.3, -0.25) is 4.98 Å². The van der Waals surface area contributed by atoms with E-state index >= 15 is 0 Å². The molecule has 0 saturated heterocycles. The fourth-order valence-corrected chi connectivity index (χ4v) is 1.26. The normalized spacial score (nSPS) is 8.67. The Morgan fingerprint density at radius 2 is 1.28 bits per heavy atom. The molecule has 0 aliphatic heterocycles. The zero-order valence-electron chi connectivity index (χ0n) is 10.4. The number of rotatable bonds is 3. The van der Waals surface area contributed by atoms with Gasteiger partial charge in [-0.05, 0) is 29.3 Å². The molecular weight excluding hydrogens is 218 g/mol. The predicted molar refractivity (Wildman–Crippen MR) is 81.0 cm³/mol.